The van der Waals surface area contributed by atoms with Crippen LogP contribution in [0.15, 0.2) is 55.1 Å². The molecule has 2 aromatic rings. The van der Waals surface area contributed by atoms with Crippen LogP contribution in [0.5, 0.6) is 5.75 Å². The first-order valence-corrected chi connectivity index (χ1v) is 5.50. The van der Waals surface area contributed by atoms with Crippen LogP contribution in [0.4, 0.5) is 5.69 Å². The van der Waals surface area contributed by atoms with Crippen molar-refractivity contribution in [1.29, 1.82) is 0 Å². The van der Waals surface area contributed by atoms with Gasteiger partial charge in [-0.15, -0.1) is 0 Å². The average molecular weight is 239 g/mol. The second kappa shape index (κ2) is 5.19. The Bertz CT molecular complexity index is 573. The summed E-state index contributed by atoms with van der Waals surface area (Å²) in [5.41, 5.74) is 7.45. The summed E-state index contributed by atoms with van der Waals surface area (Å²) in [4.78, 5) is 11.9. The van der Waals surface area contributed by atoms with Gasteiger partial charge < -0.3 is 10.5 Å². The van der Waals surface area contributed by atoms with Gasteiger partial charge in [-0.25, -0.2) is 4.79 Å². The summed E-state index contributed by atoms with van der Waals surface area (Å²) in [6, 6.07) is 13.9. The van der Waals surface area contributed by atoms with Crippen LogP contribution in [0, 0.1) is 0 Å². The van der Waals surface area contributed by atoms with Crippen molar-refractivity contribution in [2.24, 2.45) is 0 Å². The third kappa shape index (κ3) is 2.58. The lowest BCUT2D eigenvalue weighted by molar-refractivity contribution is 0.0736. The molecular formula is C15H13NO2. The molecule has 0 unspecified atom stereocenters. The van der Waals surface area contributed by atoms with E-state index in [1.807, 2.05) is 12.1 Å². The molecule has 0 radical (unpaired) electrons. The number of nitrogens with two attached hydrogens (primary N) is 1. The molecule has 3 nitrogen and oxygen atoms in total. The molecule has 0 aliphatic carbocycles. The number of carbonyl (C=O) groups excluding carboxylic acids is 1. The predicted octanol–water partition coefficient (Wildman–Crippen LogP) is 3.13. The SMILES string of the molecule is C=Cc1ccc(OC(=O)c2ccccc2N)cc1. The number of esters is 1. The molecular weight excluding hydrogens is 226 g/mol. The number of rotatable bonds is 3. The Hall–Kier alpha value is -2.55. The normalized spacial score (nSPS) is 9.78. The van der Waals surface area contributed by atoms with Crippen LogP contribution in [0.25, 0.3) is 6.08 Å². The fourth-order valence-electron chi connectivity index (χ4n) is 1.52. The number of benzene rings is 2. The van der Waals surface area contributed by atoms with E-state index in [0.29, 0.717) is 17.0 Å². The maximum Gasteiger partial charge on any atom is 0.345 e. The summed E-state index contributed by atoms with van der Waals surface area (Å²) in [6.07, 6.45) is 1.72. The largest absolute Gasteiger partial charge is 0.423 e. The number of hydrogen-bond acceptors (Lipinski definition) is 3. The fraction of sp³-hybridized carbons (Fsp3) is 0. The lowest BCUT2D eigenvalue weighted by Gasteiger charge is -2.06. The molecule has 0 aliphatic heterocycles. The van der Waals surface area contributed by atoms with Gasteiger partial charge in [-0.05, 0) is 29.8 Å². The molecule has 0 fully saturated rings. The summed E-state index contributed by atoms with van der Waals surface area (Å²) in [5, 5.41) is 0. The molecule has 0 spiro atoms. The van der Waals surface area contributed by atoms with Gasteiger partial charge in [0.1, 0.15) is 5.75 Å². The Balaban J connectivity index is 2.16. The zero-order chi connectivity index (χ0) is 13.0. The van der Waals surface area contributed by atoms with E-state index in [1.165, 1.54) is 0 Å². The van der Waals surface area contributed by atoms with Crippen LogP contribution in [-0.4, -0.2) is 5.97 Å². The van der Waals surface area contributed by atoms with E-state index in [2.05, 4.69) is 6.58 Å². The summed E-state index contributed by atoms with van der Waals surface area (Å²) < 4.78 is 5.23. The van der Waals surface area contributed by atoms with Crippen LogP contribution >= 0.6 is 0 Å². The molecule has 0 heterocycles. The number of carbonyl (C=O) groups is 1. The van der Waals surface area contributed by atoms with Crippen LogP contribution in [-0.2, 0) is 0 Å². The topological polar surface area (TPSA) is 52.3 Å². The van der Waals surface area contributed by atoms with Crippen molar-refractivity contribution >= 4 is 17.7 Å². The van der Waals surface area contributed by atoms with Crippen molar-refractivity contribution in [3.63, 3.8) is 0 Å². The minimum Gasteiger partial charge on any atom is -0.423 e. The van der Waals surface area contributed by atoms with Gasteiger partial charge in [-0.2, -0.15) is 0 Å². The van der Waals surface area contributed by atoms with Crippen molar-refractivity contribution in [2.45, 2.75) is 0 Å². The van der Waals surface area contributed by atoms with Crippen LogP contribution in [0.2, 0.25) is 0 Å². The zero-order valence-corrected chi connectivity index (χ0v) is 9.80. The number of para-hydroxylation sites is 1. The Morgan fingerprint density at radius 1 is 1.11 bits per heavy atom. The highest BCUT2D eigenvalue weighted by Gasteiger charge is 2.11. The molecule has 90 valence electrons. The minimum absolute atomic E-state index is 0.366. The number of nitrogen functional groups attached to an aromatic ring is 1. The highest BCUT2D eigenvalue weighted by Crippen LogP contribution is 2.17. The third-order valence-corrected chi connectivity index (χ3v) is 2.51. The van der Waals surface area contributed by atoms with E-state index in [4.69, 9.17) is 10.5 Å². The monoisotopic (exact) mass is 239 g/mol. The van der Waals surface area contributed by atoms with Crippen LogP contribution in [0.1, 0.15) is 15.9 Å². The van der Waals surface area contributed by atoms with Crippen LogP contribution in [0.3, 0.4) is 0 Å². The van der Waals surface area contributed by atoms with Gasteiger partial charge in [-0.3, -0.25) is 0 Å². The van der Waals surface area contributed by atoms with Gasteiger partial charge in [0.15, 0.2) is 0 Å². The second-order valence-corrected chi connectivity index (χ2v) is 3.75. The molecule has 18 heavy (non-hydrogen) atoms. The molecule has 0 aliphatic rings. The second-order valence-electron chi connectivity index (χ2n) is 3.75. The molecule has 0 amide bonds. The van der Waals surface area contributed by atoms with Crippen LogP contribution < -0.4 is 10.5 Å². The summed E-state index contributed by atoms with van der Waals surface area (Å²) in [5.74, 6) is 0.0216. The Kier molecular flexibility index (Phi) is 3.44. The van der Waals surface area contributed by atoms with E-state index in [9.17, 15) is 4.79 Å². The smallest absolute Gasteiger partial charge is 0.345 e. The maximum atomic E-state index is 11.9. The molecule has 0 bridgehead atoms. The van der Waals surface area contributed by atoms with Crippen molar-refractivity contribution in [1.82, 2.24) is 0 Å². The van der Waals surface area contributed by atoms with Crippen molar-refractivity contribution in [2.75, 3.05) is 5.73 Å². The van der Waals surface area contributed by atoms with E-state index in [0.717, 1.165) is 5.56 Å². The summed E-state index contributed by atoms with van der Waals surface area (Å²) in [7, 11) is 0. The fourth-order valence-corrected chi connectivity index (χ4v) is 1.52. The van der Waals surface area contributed by atoms with Gasteiger partial charge in [0, 0.05) is 5.69 Å². The van der Waals surface area contributed by atoms with Crippen molar-refractivity contribution in [3.8, 4) is 5.75 Å². The Morgan fingerprint density at radius 2 is 1.78 bits per heavy atom. The quantitative estimate of drug-likeness (QED) is 0.508. The first kappa shape index (κ1) is 11.9. The average Bonchev–Trinajstić information content (AvgIpc) is 2.40. The maximum absolute atomic E-state index is 11.9. The molecule has 0 saturated carbocycles. The van der Waals surface area contributed by atoms with Crippen molar-refractivity contribution < 1.29 is 9.53 Å². The molecule has 2 aromatic carbocycles. The standard InChI is InChI=1S/C15H13NO2/c1-2-11-7-9-12(10-8-11)18-15(17)13-5-3-4-6-14(13)16/h2-10H,1,16H2. The number of ether oxygens (including phenoxy) is 1. The molecule has 0 saturated heterocycles. The Labute approximate surface area is 106 Å². The highest BCUT2D eigenvalue weighted by molar-refractivity contribution is 5.96. The molecule has 3 heteroatoms. The first-order valence-electron chi connectivity index (χ1n) is 5.50. The van der Waals surface area contributed by atoms with Gasteiger partial charge in [0.2, 0.25) is 0 Å². The summed E-state index contributed by atoms with van der Waals surface area (Å²) in [6.45, 7) is 3.66. The first-order chi connectivity index (χ1) is 8.70. The predicted molar refractivity (Wildman–Crippen MR) is 72.3 cm³/mol. The highest BCUT2D eigenvalue weighted by atomic mass is 16.5. The third-order valence-electron chi connectivity index (χ3n) is 2.51. The lowest BCUT2D eigenvalue weighted by Crippen LogP contribution is -2.10. The van der Waals surface area contributed by atoms with Gasteiger partial charge in [-0.1, -0.05) is 36.9 Å². The summed E-state index contributed by atoms with van der Waals surface area (Å²) >= 11 is 0. The molecule has 0 atom stereocenters. The molecule has 0 aromatic heterocycles. The van der Waals surface area contributed by atoms with E-state index < -0.39 is 5.97 Å². The molecule has 2 N–H and O–H groups in total. The van der Waals surface area contributed by atoms with Crippen molar-refractivity contribution in [3.05, 3.63) is 66.2 Å². The Morgan fingerprint density at radius 3 is 2.39 bits per heavy atom. The van der Waals surface area contributed by atoms with Gasteiger partial charge in [0.05, 0.1) is 5.56 Å². The van der Waals surface area contributed by atoms with Gasteiger partial charge in [0.25, 0.3) is 0 Å². The molecule has 2 rings (SSSR count). The zero-order valence-electron chi connectivity index (χ0n) is 9.80. The minimum atomic E-state index is -0.459. The van der Waals surface area contributed by atoms with E-state index in [1.54, 1.807) is 42.5 Å². The number of hydrogen-bond donors (Lipinski definition) is 1. The van der Waals surface area contributed by atoms with E-state index in [-0.39, 0.29) is 0 Å². The van der Waals surface area contributed by atoms with E-state index >= 15 is 0 Å². The van der Waals surface area contributed by atoms with Gasteiger partial charge >= 0.3 is 5.97 Å². The number of anilines is 1. The lowest BCUT2D eigenvalue weighted by atomic mass is 10.2.